The molecule has 0 aromatic carbocycles. The second-order valence-electron chi connectivity index (χ2n) is 6.34. The van der Waals surface area contributed by atoms with Crippen LogP contribution in [0.15, 0.2) is 12.2 Å². The summed E-state index contributed by atoms with van der Waals surface area (Å²) in [4.78, 5) is 10.3. The molecule has 1 atom stereocenters. The third-order valence-electron chi connectivity index (χ3n) is 4.11. The molecule has 0 heterocycles. The van der Waals surface area contributed by atoms with Crippen LogP contribution in [0.25, 0.3) is 0 Å². The van der Waals surface area contributed by atoms with Crippen LogP contribution in [0.2, 0.25) is 0 Å². The van der Waals surface area contributed by atoms with Crippen LogP contribution >= 0.6 is 0 Å². The molecule has 25 heavy (non-hydrogen) atoms. The summed E-state index contributed by atoms with van der Waals surface area (Å²) >= 11 is 0. The van der Waals surface area contributed by atoms with Crippen molar-refractivity contribution in [3.8, 4) is 0 Å². The molecule has 7 heteroatoms. The summed E-state index contributed by atoms with van der Waals surface area (Å²) in [6.07, 6.45) is 13.8. The molecule has 0 aromatic rings. The zero-order valence-corrected chi connectivity index (χ0v) is 19.8. The van der Waals surface area contributed by atoms with Gasteiger partial charge in [0, 0.05) is 11.2 Å². The third-order valence-corrected chi connectivity index (χ3v) is 5.40. The molecule has 0 saturated heterocycles. The Morgan fingerprint density at radius 1 is 0.920 bits per heavy atom. The van der Waals surface area contributed by atoms with Crippen LogP contribution in [-0.2, 0) is 14.9 Å². The van der Waals surface area contributed by atoms with E-state index in [-0.39, 0.29) is 57.8 Å². The molecule has 0 aliphatic carbocycles. The van der Waals surface area contributed by atoms with Crippen molar-refractivity contribution < 1.29 is 74.3 Å². The number of carboxylic acid groups (broad SMARTS) is 1. The summed E-state index contributed by atoms with van der Waals surface area (Å²) in [5, 5.41) is 9.46. The molecule has 0 bridgehead atoms. The maximum Gasteiger partial charge on any atom is 1.00 e. The predicted molar refractivity (Wildman–Crippen MR) is 93.3 cm³/mol. The topological polar surface area (TPSA) is 97.3 Å². The number of rotatable bonds is 16. The Morgan fingerprint density at radius 2 is 1.52 bits per heavy atom. The van der Waals surface area contributed by atoms with Crippen LogP contribution in [0.5, 0.6) is 0 Å². The normalized spacial score (nSPS) is 12.9. The first-order valence-electron chi connectivity index (χ1n) is 9.17. The molecule has 0 fully saturated rings. The van der Waals surface area contributed by atoms with Crippen molar-refractivity contribution in [2.45, 2.75) is 95.6 Å². The smallest absolute Gasteiger partial charge is 0.748 e. The molecular formula is C18H32KO5S-. The van der Waals surface area contributed by atoms with Gasteiger partial charge < -0.3 is 14.5 Å². The molecule has 1 unspecified atom stereocenters. The fraction of sp³-hybridized carbons (Fsp3) is 0.833. The van der Waals surface area contributed by atoms with Gasteiger partial charge in [-0.3, -0.25) is 0 Å². The van der Waals surface area contributed by atoms with E-state index in [2.05, 4.69) is 13.0 Å². The quantitative estimate of drug-likeness (QED) is 0.161. The van der Waals surface area contributed by atoms with Gasteiger partial charge >= 0.3 is 51.4 Å². The van der Waals surface area contributed by atoms with Crippen LogP contribution in [0.1, 0.15) is 90.4 Å². The summed E-state index contributed by atoms with van der Waals surface area (Å²) in [5.41, 5.74) is 0. The van der Waals surface area contributed by atoms with Crippen LogP contribution in [0.3, 0.4) is 0 Å². The Bertz CT molecular complexity index is 448. The minimum absolute atomic E-state index is 0. The van der Waals surface area contributed by atoms with E-state index < -0.39 is 21.3 Å². The summed E-state index contributed by atoms with van der Waals surface area (Å²) in [6, 6.07) is 0. The van der Waals surface area contributed by atoms with Crippen molar-refractivity contribution in [1.29, 1.82) is 0 Å². The number of hydrogen-bond donors (Lipinski definition) is 0. The summed E-state index contributed by atoms with van der Waals surface area (Å²) in [6.45, 7) is 2.15. The second kappa shape index (κ2) is 18.1. The van der Waals surface area contributed by atoms with Gasteiger partial charge in [-0.25, -0.2) is 8.42 Å². The van der Waals surface area contributed by atoms with E-state index >= 15 is 0 Å². The maximum atomic E-state index is 11.3. The van der Waals surface area contributed by atoms with Crippen LogP contribution in [0, 0.1) is 0 Å². The third kappa shape index (κ3) is 19.3. The Labute approximate surface area is 196 Å². The van der Waals surface area contributed by atoms with E-state index in [4.69, 9.17) is 0 Å². The van der Waals surface area contributed by atoms with Gasteiger partial charge in [-0.05, 0) is 44.9 Å². The SMILES string of the molecule is CCCCC/C=C/CCC(CCCCCCCC(=O)[O-])S(=O)(=O)[O-].[K+]. The number of carboxylic acids is 1. The van der Waals surface area contributed by atoms with Crippen LogP contribution < -0.4 is 56.5 Å². The average molecular weight is 400 g/mol. The number of hydrogen-bond acceptors (Lipinski definition) is 5. The number of unbranched alkanes of at least 4 members (excludes halogenated alkanes) is 7. The van der Waals surface area contributed by atoms with Gasteiger partial charge in [-0.1, -0.05) is 57.6 Å². The van der Waals surface area contributed by atoms with E-state index in [1.807, 2.05) is 6.08 Å². The van der Waals surface area contributed by atoms with Gasteiger partial charge in [0.15, 0.2) is 0 Å². The molecule has 0 spiro atoms. The van der Waals surface area contributed by atoms with Crippen LogP contribution in [-0.4, -0.2) is 24.2 Å². The summed E-state index contributed by atoms with van der Waals surface area (Å²) in [5.74, 6) is -1.03. The molecule has 0 amide bonds. The molecule has 0 N–H and O–H groups in total. The zero-order valence-electron chi connectivity index (χ0n) is 15.9. The molecule has 0 aliphatic heterocycles. The van der Waals surface area contributed by atoms with E-state index in [0.717, 1.165) is 32.1 Å². The molecule has 5 nitrogen and oxygen atoms in total. The molecule has 0 radical (unpaired) electrons. The Balaban J connectivity index is 0. The predicted octanol–water partition coefficient (Wildman–Crippen LogP) is 0.302. The van der Waals surface area contributed by atoms with Crippen molar-refractivity contribution in [1.82, 2.24) is 0 Å². The number of allylic oxidation sites excluding steroid dienone is 2. The van der Waals surface area contributed by atoms with E-state index in [9.17, 15) is 22.9 Å². The maximum absolute atomic E-state index is 11.3. The zero-order chi connectivity index (χ0) is 18.3. The number of aliphatic carboxylic acids is 1. The first kappa shape index (κ1) is 28.0. The minimum Gasteiger partial charge on any atom is -0.748 e. The van der Waals surface area contributed by atoms with Crippen molar-refractivity contribution in [3.05, 3.63) is 12.2 Å². The molecule has 0 aromatic heterocycles. The molecule has 0 saturated carbocycles. The number of carbonyl (C=O) groups is 1. The van der Waals surface area contributed by atoms with E-state index in [1.165, 1.54) is 12.8 Å². The monoisotopic (exact) mass is 399 g/mol. The van der Waals surface area contributed by atoms with E-state index in [0.29, 0.717) is 32.1 Å². The van der Waals surface area contributed by atoms with Crippen molar-refractivity contribution in [2.75, 3.05) is 0 Å². The fourth-order valence-corrected chi connectivity index (χ4v) is 3.51. The second-order valence-corrected chi connectivity index (χ2v) is 7.99. The van der Waals surface area contributed by atoms with Crippen LogP contribution in [0.4, 0.5) is 0 Å². The molecule has 0 aliphatic rings. The van der Waals surface area contributed by atoms with Gasteiger partial charge in [0.05, 0.1) is 10.1 Å². The molecule has 0 rings (SSSR count). The first-order chi connectivity index (χ1) is 11.4. The standard InChI is InChI=1S/C18H34O5S.K/c1-2-3-4-5-6-8-11-14-17(24(21,22)23)15-12-9-7-10-13-16-18(19)20;/h6,8,17H,2-5,7,9-16H2,1H3,(H,19,20)(H,21,22,23);/q;+1/p-2/b8-6+;. The molecule has 142 valence electrons. The Kier molecular flexibility index (Phi) is 20.3. The summed E-state index contributed by atoms with van der Waals surface area (Å²) < 4.78 is 34.0. The van der Waals surface area contributed by atoms with Crippen molar-refractivity contribution in [2.24, 2.45) is 0 Å². The Hall–Kier alpha value is 0.756. The molecular weight excluding hydrogens is 367 g/mol. The summed E-state index contributed by atoms with van der Waals surface area (Å²) in [7, 11) is -4.24. The van der Waals surface area contributed by atoms with Crippen molar-refractivity contribution >= 4 is 16.1 Å². The first-order valence-corrected chi connectivity index (χ1v) is 10.6. The van der Waals surface area contributed by atoms with Gasteiger partial charge in [0.1, 0.15) is 0 Å². The van der Waals surface area contributed by atoms with Gasteiger partial charge in [0.2, 0.25) is 0 Å². The largest absolute Gasteiger partial charge is 1.00 e. The fourth-order valence-electron chi connectivity index (χ4n) is 2.63. The Morgan fingerprint density at radius 3 is 2.12 bits per heavy atom. The van der Waals surface area contributed by atoms with Gasteiger partial charge in [-0.2, -0.15) is 0 Å². The average Bonchev–Trinajstić information content (AvgIpc) is 2.49. The minimum atomic E-state index is -4.24. The van der Waals surface area contributed by atoms with Crippen molar-refractivity contribution in [3.63, 3.8) is 0 Å². The van der Waals surface area contributed by atoms with Gasteiger partial charge in [-0.15, -0.1) is 0 Å². The van der Waals surface area contributed by atoms with Gasteiger partial charge in [0.25, 0.3) is 0 Å². The number of carbonyl (C=O) groups excluding carboxylic acids is 1. The van der Waals surface area contributed by atoms with E-state index in [1.54, 1.807) is 0 Å².